The van der Waals surface area contributed by atoms with Gasteiger partial charge in [0.1, 0.15) is 0 Å². The summed E-state index contributed by atoms with van der Waals surface area (Å²) in [4.78, 5) is 2.40. The van der Waals surface area contributed by atoms with Crippen molar-refractivity contribution in [2.75, 3.05) is 35.7 Å². The molecule has 0 fully saturated rings. The molecule has 0 unspecified atom stereocenters. The van der Waals surface area contributed by atoms with Gasteiger partial charge in [-0.3, -0.25) is 0 Å². The summed E-state index contributed by atoms with van der Waals surface area (Å²) in [7, 11) is 0. The second kappa shape index (κ2) is 10.8. The molecule has 0 saturated carbocycles. The molecule has 0 saturated heterocycles. The van der Waals surface area contributed by atoms with Crippen molar-refractivity contribution in [3.63, 3.8) is 0 Å². The maximum absolute atomic E-state index is 5.35. The van der Waals surface area contributed by atoms with E-state index in [1.807, 2.05) is 0 Å². The van der Waals surface area contributed by atoms with Crippen LogP contribution < -0.4 is 5.73 Å². The van der Waals surface area contributed by atoms with Crippen LogP contribution in [-0.4, -0.2) is 35.7 Å². The van der Waals surface area contributed by atoms with Crippen molar-refractivity contribution in [1.82, 2.24) is 0 Å². The molecule has 0 aromatic carbocycles. The van der Waals surface area contributed by atoms with Crippen LogP contribution in [0.4, 0.5) is 0 Å². The van der Waals surface area contributed by atoms with Gasteiger partial charge in [-0.2, -0.15) is 0 Å². The summed E-state index contributed by atoms with van der Waals surface area (Å²) in [5.41, 5.74) is 5.72. The molecule has 0 rings (SSSR count). The molecular formula is C12H25I2NO2. The van der Waals surface area contributed by atoms with Crippen LogP contribution in [0.5, 0.6) is 0 Å². The quantitative estimate of drug-likeness (QED) is 0.231. The third-order valence-corrected chi connectivity index (χ3v) is 7.07. The van der Waals surface area contributed by atoms with Gasteiger partial charge in [0.2, 0.25) is 0 Å². The molecule has 0 heterocycles. The predicted octanol–water partition coefficient (Wildman–Crippen LogP) is 3.39. The molecule has 3 nitrogen and oxygen atoms in total. The van der Waals surface area contributed by atoms with Gasteiger partial charge < -0.3 is 0 Å². The van der Waals surface area contributed by atoms with Crippen LogP contribution in [0.2, 0.25) is 0 Å². The molecule has 0 aliphatic carbocycles. The van der Waals surface area contributed by atoms with Gasteiger partial charge in [-0.1, -0.05) is 0 Å². The van der Waals surface area contributed by atoms with E-state index < -0.39 is 15.8 Å². The molecule has 0 atom stereocenters. The summed E-state index contributed by atoms with van der Waals surface area (Å²) in [6.45, 7) is 7.06. The number of hydrogen-bond acceptors (Lipinski definition) is 3. The molecule has 0 aromatic rings. The van der Waals surface area contributed by atoms with Crippen LogP contribution in [0.25, 0.3) is 0 Å². The number of ether oxygens (including phenoxy) is 2. The number of rotatable bonds is 10. The maximum atomic E-state index is 5.35. The van der Waals surface area contributed by atoms with Crippen molar-refractivity contribution in [1.29, 1.82) is 0 Å². The minimum atomic E-state index is -0.666. The van der Waals surface area contributed by atoms with Gasteiger partial charge >= 0.3 is 123 Å². The molecule has 104 valence electrons. The Balaban J connectivity index is 3.52. The van der Waals surface area contributed by atoms with E-state index >= 15 is 0 Å². The van der Waals surface area contributed by atoms with E-state index in [0.717, 1.165) is 6.42 Å². The Hall–Kier alpha value is 0.920. The van der Waals surface area contributed by atoms with Crippen molar-refractivity contribution in [2.45, 2.75) is 20.3 Å². The minimum absolute atomic E-state index is 0.413. The fourth-order valence-electron chi connectivity index (χ4n) is 1.35. The Morgan fingerprint density at radius 2 is 2.00 bits per heavy atom. The standard InChI is InChI=1S/C12H25I2NO2/c1-12(2,11-14(3)13)5-4-7-16-9-10-17-8-6-15/h4,7H,5-6,8-11,15H2,1-3H3/b7-4+. The Labute approximate surface area is 122 Å². The first-order chi connectivity index (χ1) is 7.98. The fraction of sp³-hybridized carbons (Fsp3) is 0.833. The number of allylic oxidation sites excluding steroid dienone is 1. The molecule has 0 aromatic heterocycles. The Bertz CT molecular complexity index is 209. The molecule has 5 heteroatoms. The van der Waals surface area contributed by atoms with Crippen LogP contribution in [0, 0.1) is 5.41 Å². The van der Waals surface area contributed by atoms with Crippen LogP contribution in [0.3, 0.4) is 0 Å². The van der Waals surface area contributed by atoms with E-state index in [1.165, 1.54) is 4.43 Å². The molecule has 2 N–H and O–H groups in total. The first-order valence-corrected chi connectivity index (χ1v) is 15.7. The van der Waals surface area contributed by atoms with E-state index in [-0.39, 0.29) is 0 Å². The second-order valence-electron chi connectivity index (χ2n) is 4.66. The van der Waals surface area contributed by atoms with E-state index in [1.54, 1.807) is 6.26 Å². The van der Waals surface area contributed by atoms with Crippen molar-refractivity contribution < 1.29 is 9.47 Å². The van der Waals surface area contributed by atoms with Crippen molar-refractivity contribution in [2.24, 2.45) is 11.1 Å². The molecule has 0 bridgehead atoms. The van der Waals surface area contributed by atoms with E-state index in [4.69, 9.17) is 15.2 Å². The molecular weight excluding hydrogens is 444 g/mol. The van der Waals surface area contributed by atoms with Gasteiger partial charge in [-0.15, -0.1) is 0 Å². The van der Waals surface area contributed by atoms with Crippen LogP contribution in [0.15, 0.2) is 12.3 Å². The predicted molar refractivity (Wildman–Crippen MR) is 92.2 cm³/mol. The number of halogens is 2. The summed E-state index contributed by atoms with van der Waals surface area (Å²) in [6, 6.07) is 0. The second-order valence-corrected chi connectivity index (χ2v) is 17.7. The topological polar surface area (TPSA) is 44.5 Å². The molecule has 0 radical (unpaired) electrons. The normalized spacial score (nSPS) is 13.1. The Morgan fingerprint density at radius 3 is 2.59 bits per heavy atom. The molecule has 0 aliphatic rings. The van der Waals surface area contributed by atoms with E-state index in [9.17, 15) is 0 Å². The van der Waals surface area contributed by atoms with Gasteiger partial charge in [0.25, 0.3) is 0 Å². The number of hydrogen-bond donors (Lipinski definition) is 1. The molecule has 0 spiro atoms. The SMILES string of the molecule is CI(I)CC(C)(C)C/C=C/OCCOCCN. The molecule has 0 aliphatic heterocycles. The summed E-state index contributed by atoms with van der Waals surface area (Å²) < 4.78 is 11.9. The van der Waals surface area contributed by atoms with Crippen molar-refractivity contribution in [3.05, 3.63) is 12.3 Å². The van der Waals surface area contributed by atoms with E-state index in [2.05, 4.69) is 43.5 Å². The average molecular weight is 469 g/mol. The third-order valence-electron chi connectivity index (χ3n) is 2.02. The average Bonchev–Trinajstić information content (AvgIpc) is 2.20. The van der Waals surface area contributed by atoms with E-state index in [0.29, 0.717) is 31.8 Å². The number of alkyl halides is 2. The van der Waals surface area contributed by atoms with Crippen LogP contribution in [-0.2, 0) is 9.47 Å². The van der Waals surface area contributed by atoms with Gasteiger partial charge in [-0.05, 0) is 0 Å². The summed E-state index contributed by atoms with van der Waals surface area (Å²) in [5.74, 6) is 0. The molecule has 0 amide bonds. The monoisotopic (exact) mass is 469 g/mol. The number of nitrogens with two attached hydrogens (primary N) is 1. The Morgan fingerprint density at radius 1 is 1.29 bits per heavy atom. The summed E-state index contributed by atoms with van der Waals surface area (Å²) in [5, 5.41) is 0. The van der Waals surface area contributed by atoms with Gasteiger partial charge in [0.15, 0.2) is 0 Å². The zero-order chi connectivity index (χ0) is 13.1. The van der Waals surface area contributed by atoms with Crippen LogP contribution in [0.1, 0.15) is 20.3 Å². The summed E-state index contributed by atoms with van der Waals surface area (Å²) >= 11 is 1.96. The first-order valence-electron chi connectivity index (χ1n) is 5.75. The zero-order valence-electron chi connectivity index (χ0n) is 11.0. The first kappa shape index (κ1) is 17.9. The van der Waals surface area contributed by atoms with Crippen molar-refractivity contribution >= 4 is 34.5 Å². The Kier molecular flexibility index (Phi) is 11.4. The fourth-order valence-corrected chi connectivity index (χ4v) is 9.74. The van der Waals surface area contributed by atoms with Gasteiger partial charge in [0.05, 0.1) is 0 Å². The molecule has 17 heavy (non-hydrogen) atoms. The zero-order valence-corrected chi connectivity index (χ0v) is 15.4. The third kappa shape index (κ3) is 13.2. The van der Waals surface area contributed by atoms with Gasteiger partial charge in [0, 0.05) is 0 Å². The van der Waals surface area contributed by atoms with Crippen LogP contribution >= 0.6 is 34.5 Å². The van der Waals surface area contributed by atoms with Gasteiger partial charge in [-0.25, -0.2) is 0 Å². The summed E-state index contributed by atoms with van der Waals surface area (Å²) in [6.07, 6.45) is 5.01. The van der Waals surface area contributed by atoms with Crippen molar-refractivity contribution in [3.8, 4) is 0 Å².